The van der Waals surface area contributed by atoms with Crippen LogP contribution in [-0.4, -0.2) is 79.5 Å². The molecule has 0 aliphatic carbocycles. The molecule has 2 saturated heterocycles. The van der Waals surface area contributed by atoms with Crippen LogP contribution in [-0.2, 0) is 11.3 Å². The molecule has 146 valence electrons. The van der Waals surface area contributed by atoms with Gasteiger partial charge in [0.05, 0.1) is 0 Å². The van der Waals surface area contributed by atoms with E-state index in [-0.39, 0.29) is 18.0 Å². The van der Waals surface area contributed by atoms with Crippen molar-refractivity contribution in [3.8, 4) is 0 Å². The Labute approximate surface area is 159 Å². The first kappa shape index (κ1) is 19.0. The number of benzene rings is 1. The molecule has 1 spiro atoms. The molecule has 1 aromatic rings. The van der Waals surface area contributed by atoms with E-state index in [1.54, 1.807) is 23.9 Å². The van der Waals surface area contributed by atoms with Crippen molar-refractivity contribution in [2.75, 3.05) is 46.8 Å². The highest BCUT2D eigenvalue weighted by Gasteiger charge is 2.45. The summed E-state index contributed by atoms with van der Waals surface area (Å²) in [6, 6.07) is 9.45. The van der Waals surface area contributed by atoms with Gasteiger partial charge in [-0.15, -0.1) is 0 Å². The Hall–Kier alpha value is -2.77. The lowest BCUT2D eigenvalue weighted by Gasteiger charge is -2.33. The number of carbonyl (C=O) groups is 3. The smallest absolute Gasteiger partial charge is 0.319 e. The lowest BCUT2D eigenvalue weighted by atomic mass is 9.86. The third kappa shape index (κ3) is 4.50. The predicted molar refractivity (Wildman–Crippen MR) is 101 cm³/mol. The molecular weight excluding hydrogens is 346 g/mol. The lowest BCUT2D eigenvalue weighted by Crippen LogP contribution is -2.48. The van der Waals surface area contributed by atoms with E-state index in [0.29, 0.717) is 45.7 Å². The molecule has 0 radical (unpaired) electrons. The second-order valence-corrected chi connectivity index (χ2v) is 7.62. The second kappa shape index (κ2) is 7.85. The summed E-state index contributed by atoms with van der Waals surface area (Å²) in [6.45, 7) is 2.73. The fourth-order valence-electron chi connectivity index (χ4n) is 3.74. The molecule has 0 saturated carbocycles. The average molecular weight is 373 g/mol. The number of urea groups is 2. The van der Waals surface area contributed by atoms with Crippen molar-refractivity contribution in [3.05, 3.63) is 35.9 Å². The van der Waals surface area contributed by atoms with Gasteiger partial charge in [-0.05, 0) is 5.56 Å². The van der Waals surface area contributed by atoms with Crippen LogP contribution in [0.3, 0.4) is 0 Å². The molecule has 1 aromatic carbocycles. The summed E-state index contributed by atoms with van der Waals surface area (Å²) in [7, 11) is 3.42. The molecule has 2 N–H and O–H groups in total. The van der Waals surface area contributed by atoms with Crippen LogP contribution >= 0.6 is 0 Å². The van der Waals surface area contributed by atoms with E-state index in [0.717, 1.165) is 5.56 Å². The van der Waals surface area contributed by atoms with E-state index in [9.17, 15) is 14.4 Å². The minimum absolute atomic E-state index is 0.0289. The Kier molecular flexibility index (Phi) is 5.53. The molecule has 2 aliphatic rings. The number of nitrogens with zero attached hydrogens (tertiary/aromatic N) is 3. The maximum Gasteiger partial charge on any atom is 0.319 e. The van der Waals surface area contributed by atoms with E-state index in [1.807, 2.05) is 30.3 Å². The van der Waals surface area contributed by atoms with Crippen molar-refractivity contribution in [1.29, 1.82) is 0 Å². The molecule has 0 bridgehead atoms. The van der Waals surface area contributed by atoms with Crippen LogP contribution in [0, 0.1) is 5.41 Å². The summed E-state index contributed by atoms with van der Waals surface area (Å²) >= 11 is 0. The number of amides is 5. The van der Waals surface area contributed by atoms with Gasteiger partial charge in [0.15, 0.2) is 0 Å². The van der Waals surface area contributed by atoms with E-state index >= 15 is 0 Å². The monoisotopic (exact) mass is 373 g/mol. The highest BCUT2D eigenvalue weighted by atomic mass is 16.2. The van der Waals surface area contributed by atoms with Gasteiger partial charge in [-0.1, -0.05) is 30.3 Å². The number of hydrogen-bond acceptors (Lipinski definition) is 3. The summed E-state index contributed by atoms with van der Waals surface area (Å²) in [5, 5.41) is 5.81. The van der Waals surface area contributed by atoms with Crippen molar-refractivity contribution in [3.63, 3.8) is 0 Å². The Morgan fingerprint density at radius 1 is 1.15 bits per heavy atom. The summed E-state index contributed by atoms with van der Waals surface area (Å²) < 4.78 is 0. The third-order valence-corrected chi connectivity index (χ3v) is 5.12. The topological polar surface area (TPSA) is 85.0 Å². The van der Waals surface area contributed by atoms with Gasteiger partial charge >= 0.3 is 12.1 Å². The van der Waals surface area contributed by atoms with Gasteiger partial charge in [0, 0.05) is 65.2 Å². The predicted octanol–water partition coefficient (Wildman–Crippen LogP) is 0.702. The SMILES string of the molecule is CN(C)C(=O)N1CCN(C(=O)NCc2ccccc2)CC2(CNC(=O)C2)C1. The maximum absolute atomic E-state index is 12.8. The molecule has 0 aromatic heterocycles. The van der Waals surface area contributed by atoms with Gasteiger partial charge < -0.3 is 25.3 Å². The summed E-state index contributed by atoms with van der Waals surface area (Å²) in [4.78, 5) is 42.1. The van der Waals surface area contributed by atoms with Crippen molar-refractivity contribution < 1.29 is 14.4 Å². The maximum atomic E-state index is 12.8. The first-order valence-corrected chi connectivity index (χ1v) is 9.18. The summed E-state index contributed by atoms with van der Waals surface area (Å²) in [5.41, 5.74) is 0.584. The zero-order valence-corrected chi connectivity index (χ0v) is 15.9. The van der Waals surface area contributed by atoms with Crippen LogP contribution in [0.1, 0.15) is 12.0 Å². The molecule has 2 fully saturated rings. The van der Waals surface area contributed by atoms with Crippen molar-refractivity contribution in [1.82, 2.24) is 25.3 Å². The molecule has 8 heteroatoms. The highest BCUT2D eigenvalue weighted by molar-refractivity contribution is 5.80. The van der Waals surface area contributed by atoms with Crippen LogP contribution in [0.2, 0.25) is 0 Å². The van der Waals surface area contributed by atoms with E-state index in [1.165, 1.54) is 4.90 Å². The molecule has 3 rings (SSSR count). The van der Waals surface area contributed by atoms with Crippen molar-refractivity contribution in [2.24, 2.45) is 5.41 Å². The highest BCUT2D eigenvalue weighted by Crippen LogP contribution is 2.31. The Morgan fingerprint density at radius 3 is 2.44 bits per heavy atom. The zero-order chi connectivity index (χ0) is 19.4. The van der Waals surface area contributed by atoms with Crippen LogP contribution in [0.15, 0.2) is 30.3 Å². The van der Waals surface area contributed by atoms with E-state index < -0.39 is 5.41 Å². The normalized spacial score (nSPS) is 22.4. The second-order valence-electron chi connectivity index (χ2n) is 7.62. The van der Waals surface area contributed by atoms with E-state index in [2.05, 4.69) is 10.6 Å². The van der Waals surface area contributed by atoms with Gasteiger partial charge in [-0.3, -0.25) is 4.79 Å². The number of rotatable bonds is 2. The fraction of sp³-hybridized carbons (Fsp3) is 0.526. The zero-order valence-electron chi connectivity index (χ0n) is 15.9. The number of carbonyl (C=O) groups excluding carboxylic acids is 3. The largest absolute Gasteiger partial charge is 0.355 e. The Bertz CT molecular complexity index is 709. The average Bonchev–Trinajstić information content (AvgIpc) is 2.91. The van der Waals surface area contributed by atoms with Gasteiger partial charge in [-0.2, -0.15) is 0 Å². The molecule has 5 amide bonds. The van der Waals surface area contributed by atoms with Crippen LogP contribution in [0.4, 0.5) is 9.59 Å². The Morgan fingerprint density at radius 2 is 1.81 bits per heavy atom. The summed E-state index contributed by atoms with van der Waals surface area (Å²) in [6.07, 6.45) is 0.326. The standard InChI is InChI=1S/C19H27N5O3/c1-22(2)18(27)24-9-8-23(13-19(14-24)10-16(25)21-12-19)17(26)20-11-15-6-4-3-5-7-15/h3-7H,8-14H2,1-2H3,(H,20,26)(H,21,25). The van der Waals surface area contributed by atoms with Crippen LogP contribution in [0.5, 0.6) is 0 Å². The first-order valence-electron chi connectivity index (χ1n) is 9.18. The molecule has 2 heterocycles. The number of hydrogen-bond donors (Lipinski definition) is 2. The molecule has 27 heavy (non-hydrogen) atoms. The van der Waals surface area contributed by atoms with Crippen LogP contribution < -0.4 is 10.6 Å². The Balaban J connectivity index is 1.71. The minimum Gasteiger partial charge on any atom is -0.355 e. The first-order chi connectivity index (χ1) is 12.9. The quantitative estimate of drug-likeness (QED) is 0.800. The van der Waals surface area contributed by atoms with Gasteiger partial charge in [0.1, 0.15) is 0 Å². The van der Waals surface area contributed by atoms with Gasteiger partial charge in [-0.25, -0.2) is 9.59 Å². The lowest BCUT2D eigenvalue weighted by molar-refractivity contribution is -0.119. The van der Waals surface area contributed by atoms with Gasteiger partial charge in [0.2, 0.25) is 5.91 Å². The van der Waals surface area contributed by atoms with Crippen molar-refractivity contribution in [2.45, 2.75) is 13.0 Å². The van der Waals surface area contributed by atoms with Crippen molar-refractivity contribution >= 4 is 18.0 Å². The summed E-state index contributed by atoms with van der Waals surface area (Å²) in [5.74, 6) is -0.0289. The molecular formula is C19H27N5O3. The molecule has 1 atom stereocenters. The molecule has 8 nitrogen and oxygen atoms in total. The molecule has 2 aliphatic heterocycles. The molecule has 1 unspecified atom stereocenters. The van der Waals surface area contributed by atoms with E-state index in [4.69, 9.17) is 0 Å². The van der Waals surface area contributed by atoms with Gasteiger partial charge in [0.25, 0.3) is 0 Å². The van der Waals surface area contributed by atoms with Crippen LogP contribution in [0.25, 0.3) is 0 Å². The minimum atomic E-state index is -0.441. The number of nitrogens with one attached hydrogen (secondary N) is 2. The fourth-order valence-corrected chi connectivity index (χ4v) is 3.74. The third-order valence-electron chi connectivity index (χ3n) is 5.12.